The molecule has 2 unspecified atom stereocenters. The first-order valence-electron chi connectivity index (χ1n) is 5.48. The van der Waals surface area contributed by atoms with Crippen molar-refractivity contribution in [2.24, 2.45) is 0 Å². The van der Waals surface area contributed by atoms with E-state index in [1.807, 2.05) is 19.9 Å². The maximum absolute atomic E-state index is 5.92. The van der Waals surface area contributed by atoms with Gasteiger partial charge < -0.3 is 4.42 Å². The lowest BCUT2D eigenvalue weighted by atomic mass is 10.1. The van der Waals surface area contributed by atoms with E-state index >= 15 is 0 Å². The number of oxazole rings is 1. The van der Waals surface area contributed by atoms with Gasteiger partial charge in [-0.2, -0.15) is 0 Å². The highest BCUT2D eigenvalue weighted by Crippen LogP contribution is 2.26. The van der Waals surface area contributed by atoms with E-state index in [9.17, 15) is 0 Å². The van der Waals surface area contributed by atoms with Crippen LogP contribution in [-0.4, -0.2) is 4.98 Å². The van der Waals surface area contributed by atoms with Crippen LogP contribution in [0, 0.1) is 6.92 Å². The minimum Gasteiger partial charge on any atom is -0.444 e. The number of aryl methyl sites for hydroxylation is 1. The first kappa shape index (κ1) is 12.6. The van der Waals surface area contributed by atoms with Crippen LogP contribution >= 0.6 is 22.9 Å². The Kier molecular flexibility index (Phi) is 3.86. The van der Waals surface area contributed by atoms with Crippen molar-refractivity contribution >= 4 is 22.9 Å². The molecule has 17 heavy (non-hydrogen) atoms. The second-order valence-electron chi connectivity index (χ2n) is 4.10. The Morgan fingerprint density at radius 3 is 2.71 bits per heavy atom. The van der Waals surface area contributed by atoms with Crippen LogP contribution in [0.1, 0.15) is 43.1 Å². The zero-order valence-electron chi connectivity index (χ0n) is 10.0. The predicted molar refractivity (Wildman–Crippen MR) is 70.5 cm³/mol. The van der Waals surface area contributed by atoms with Crippen molar-refractivity contribution < 1.29 is 4.42 Å². The van der Waals surface area contributed by atoms with Gasteiger partial charge in [-0.3, -0.25) is 5.32 Å². The maximum atomic E-state index is 5.92. The van der Waals surface area contributed by atoms with E-state index in [0.29, 0.717) is 0 Å². The van der Waals surface area contributed by atoms with Crippen LogP contribution in [0.15, 0.2) is 22.1 Å². The fourth-order valence-electron chi connectivity index (χ4n) is 1.67. The van der Waals surface area contributed by atoms with Crippen molar-refractivity contribution in [1.82, 2.24) is 10.3 Å². The lowest BCUT2D eigenvalue weighted by Gasteiger charge is -2.16. The molecule has 0 saturated carbocycles. The number of hydrogen-bond acceptors (Lipinski definition) is 4. The minimum absolute atomic E-state index is 0.0809. The summed E-state index contributed by atoms with van der Waals surface area (Å²) in [5.41, 5.74) is 1.19. The average molecular weight is 271 g/mol. The molecule has 0 spiro atoms. The fourth-order valence-corrected chi connectivity index (χ4v) is 2.65. The number of hydrogen-bond donors (Lipinski definition) is 1. The highest BCUT2D eigenvalue weighted by atomic mass is 35.5. The molecule has 1 N–H and O–H groups in total. The Labute approximate surface area is 110 Å². The summed E-state index contributed by atoms with van der Waals surface area (Å²) in [5, 5.41) is 5.49. The van der Waals surface area contributed by atoms with Crippen LogP contribution < -0.4 is 5.32 Å². The summed E-state index contributed by atoms with van der Waals surface area (Å²) in [4.78, 5) is 4.22. The average Bonchev–Trinajstić information content (AvgIpc) is 2.87. The molecule has 2 heterocycles. The summed E-state index contributed by atoms with van der Waals surface area (Å²) >= 11 is 7.47. The largest absolute Gasteiger partial charge is 0.444 e. The van der Waals surface area contributed by atoms with E-state index in [-0.39, 0.29) is 12.1 Å². The van der Waals surface area contributed by atoms with Crippen molar-refractivity contribution in [1.29, 1.82) is 0 Å². The van der Waals surface area contributed by atoms with E-state index in [2.05, 4.69) is 22.6 Å². The van der Waals surface area contributed by atoms with E-state index in [4.69, 9.17) is 16.0 Å². The molecule has 2 aromatic rings. The van der Waals surface area contributed by atoms with Gasteiger partial charge in [0, 0.05) is 6.04 Å². The molecule has 0 aliphatic carbocycles. The van der Waals surface area contributed by atoms with Crippen LogP contribution in [0.2, 0.25) is 4.34 Å². The Bertz CT molecular complexity index is 450. The van der Waals surface area contributed by atoms with E-state index in [1.54, 1.807) is 17.5 Å². The molecular formula is C12H15ClN2OS. The summed E-state index contributed by atoms with van der Waals surface area (Å²) in [5.74, 6) is 1.55. The van der Waals surface area contributed by atoms with Gasteiger partial charge in [0.05, 0.1) is 16.6 Å². The molecule has 0 aromatic carbocycles. The summed E-state index contributed by atoms with van der Waals surface area (Å²) in [6, 6.07) is 2.29. The van der Waals surface area contributed by atoms with Crippen LogP contribution in [0.3, 0.4) is 0 Å². The molecule has 2 rings (SSSR count). The van der Waals surface area contributed by atoms with Crippen molar-refractivity contribution in [3.8, 4) is 0 Å². The normalized spacial score (nSPS) is 14.8. The van der Waals surface area contributed by atoms with Crippen LogP contribution in [0.25, 0.3) is 0 Å². The van der Waals surface area contributed by atoms with Crippen LogP contribution in [0.5, 0.6) is 0 Å². The van der Waals surface area contributed by atoms with Gasteiger partial charge in [0.1, 0.15) is 5.76 Å². The number of rotatable bonds is 4. The van der Waals surface area contributed by atoms with Gasteiger partial charge in [-0.25, -0.2) is 4.98 Å². The smallest absolute Gasteiger partial charge is 0.211 e. The van der Waals surface area contributed by atoms with Crippen LogP contribution in [-0.2, 0) is 0 Å². The molecule has 0 radical (unpaired) electrons. The zero-order chi connectivity index (χ0) is 12.4. The molecule has 92 valence electrons. The van der Waals surface area contributed by atoms with Crippen molar-refractivity contribution in [2.45, 2.75) is 32.9 Å². The lowest BCUT2D eigenvalue weighted by molar-refractivity contribution is 0.380. The Morgan fingerprint density at radius 1 is 1.41 bits per heavy atom. The topological polar surface area (TPSA) is 38.1 Å². The number of halogens is 1. The molecule has 0 saturated heterocycles. The molecule has 0 bridgehead atoms. The monoisotopic (exact) mass is 270 g/mol. The molecule has 0 fully saturated rings. The first-order valence-corrected chi connectivity index (χ1v) is 6.74. The molecular weight excluding hydrogens is 256 g/mol. The highest BCUT2D eigenvalue weighted by molar-refractivity contribution is 7.14. The zero-order valence-corrected chi connectivity index (χ0v) is 11.6. The summed E-state index contributed by atoms with van der Waals surface area (Å²) in [6.07, 6.45) is 1.74. The van der Waals surface area contributed by atoms with Crippen molar-refractivity contribution in [3.05, 3.63) is 39.2 Å². The summed E-state index contributed by atoms with van der Waals surface area (Å²) < 4.78 is 6.30. The first-order chi connectivity index (χ1) is 8.06. The summed E-state index contributed by atoms with van der Waals surface area (Å²) in [7, 11) is 0. The fraction of sp³-hybridized carbons (Fsp3) is 0.417. The molecule has 5 heteroatoms. The molecule has 3 nitrogen and oxygen atoms in total. The number of aromatic nitrogens is 1. The molecule has 0 aliphatic rings. The van der Waals surface area contributed by atoms with Gasteiger partial charge >= 0.3 is 0 Å². The van der Waals surface area contributed by atoms with Crippen molar-refractivity contribution in [3.63, 3.8) is 0 Å². The molecule has 0 amide bonds. The van der Waals surface area contributed by atoms with Gasteiger partial charge in [0.25, 0.3) is 0 Å². The van der Waals surface area contributed by atoms with E-state index < -0.39 is 0 Å². The molecule has 2 atom stereocenters. The van der Waals surface area contributed by atoms with Gasteiger partial charge in [0.15, 0.2) is 0 Å². The third-order valence-electron chi connectivity index (χ3n) is 2.60. The Balaban J connectivity index is 2.01. The third kappa shape index (κ3) is 3.09. The molecule has 0 aliphatic heterocycles. The van der Waals surface area contributed by atoms with Crippen molar-refractivity contribution in [2.75, 3.05) is 0 Å². The van der Waals surface area contributed by atoms with Gasteiger partial charge in [0.2, 0.25) is 5.89 Å². The standard InChI is InChI=1S/C12H15ClN2OS/c1-7-5-14-12(16-7)9(3)15-8(2)10-4-11(13)17-6-10/h4-6,8-9,15H,1-3H3. The lowest BCUT2D eigenvalue weighted by Crippen LogP contribution is -2.22. The van der Waals surface area contributed by atoms with E-state index in [1.165, 1.54) is 5.56 Å². The third-order valence-corrected chi connectivity index (χ3v) is 3.71. The maximum Gasteiger partial charge on any atom is 0.211 e. The quantitative estimate of drug-likeness (QED) is 0.909. The highest BCUT2D eigenvalue weighted by Gasteiger charge is 2.15. The second kappa shape index (κ2) is 5.21. The predicted octanol–water partition coefficient (Wildman–Crippen LogP) is 4.11. The number of thiophene rings is 1. The van der Waals surface area contributed by atoms with Crippen LogP contribution in [0.4, 0.5) is 0 Å². The minimum atomic E-state index is 0.0809. The van der Waals surface area contributed by atoms with Gasteiger partial charge in [-0.15, -0.1) is 11.3 Å². The second-order valence-corrected chi connectivity index (χ2v) is 5.65. The van der Waals surface area contributed by atoms with Gasteiger partial charge in [-0.1, -0.05) is 11.6 Å². The molecule has 2 aromatic heterocycles. The van der Waals surface area contributed by atoms with E-state index in [0.717, 1.165) is 16.0 Å². The van der Waals surface area contributed by atoms with Gasteiger partial charge in [-0.05, 0) is 37.8 Å². The Hall–Kier alpha value is -0.840. The Morgan fingerprint density at radius 2 is 2.18 bits per heavy atom. The SMILES string of the molecule is Cc1cnc(C(C)NC(C)c2csc(Cl)c2)o1. The number of nitrogens with one attached hydrogen (secondary N) is 1. The number of nitrogens with zero attached hydrogens (tertiary/aromatic N) is 1. The summed E-state index contributed by atoms with van der Waals surface area (Å²) in [6.45, 7) is 6.03.